The Bertz CT molecular complexity index is 410. The molecule has 1 amide bonds. The van der Waals surface area contributed by atoms with Crippen LogP contribution >= 0.6 is 11.6 Å². The fourth-order valence-corrected chi connectivity index (χ4v) is 1.68. The molecule has 0 aromatic carbocycles. The van der Waals surface area contributed by atoms with Crippen LogP contribution in [-0.2, 0) is 4.79 Å². The normalized spacial score (nSPS) is 21.1. The number of nitrogen functional groups attached to an aromatic ring is 1. The minimum Gasteiger partial charge on any atom is -0.382 e. The molecule has 4 N–H and O–H groups in total. The lowest BCUT2D eigenvalue weighted by Crippen LogP contribution is -2.29. The molecule has 1 atom stereocenters. The molecule has 2 heterocycles. The highest BCUT2D eigenvalue weighted by Gasteiger charge is 2.29. The molecule has 1 unspecified atom stereocenters. The first-order chi connectivity index (χ1) is 7.08. The number of nitrogens with zero attached hydrogens (tertiary/aromatic N) is 3. The molecule has 80 valence electrons. The van der Waals surface area contributed by atoms with Crippen molar-refractivity contribution in [3.63, 3.8) is 0 Å². The minimum absolute atomic E-state index is 0.0622. The molecule has 7 heteroatoms. The van der Waals surface area contributed by atoms with Gasteiger partial charge >= 0.3 is 0 Å². The summed E-state index contributed by atoms with van der Waals surface area (Å²) in [6.45, 7) is 0.439. The summed E-state index contributed by atoms with van der Waals surface area (Å²) in [5, 5.41) is 0.0622. The number of carbonyl (C=O) groups excluding carboxylic acids is 1. The highest BCUT2D eigenvalue weighted by Crippen LogP contribution is 2.25. The fourth-order valence-electron chi connectivity index (χ4n) is 1.54. The molecule has 15 heavy (non-hydrogen) atoms. The maximum atomic E-state index is 11.5. The van der Waals surface area contributed by atoms with Gasteiger partial charge in [-0.1, -0.05) is 0 Å². The molecule has 0 saturated carbocycles. The SMILES string of the molecule is Nc1nc(Cl)ncc1N1CC(N)CC1=O. The van der Waals surface area contributed by atoms with Gasteiger partial charge in [-0.25, -0.2) is 4.98 Å². The summed E-state index contributed by atoms with van der Waals surface area (Å²) in [5.41, 5.74) is 11.8. The molecule has 0 spiro atoms. The monoisotopic (exact) mass is 227 g/mol. The Hall–Kier alpha value is -1.40. The van der Waals surface area contributed by atoms with Gasteiger partial charge in [-0.2, -0.15) is 4.98 Å². The van der Waals surface area contributed by atoms with Crippen LogP contribution in [0.5, 0.6) is 0 Å². The topological polar surface area (TPSA) is 98.1 Å². The summed E-state index contributed by atoms with van der Waals surface area (Å²) < 4.78 is 0. The molecule has 0 aliphatic carbocycles. The number of nitrogens with two attached hydrogens (primary N) is 2. The lowest BCUT2D eigenvalue weighted by molar-refractivity contribution is -0.117. The molecule has 2 rings (SSSR count). The molecule has 6 nitrogen and oxygen atoms in total. The van der Waals surface area contributed by atoms with E-state index in [0.717, 1.165) is 0 Å². The van der Waals surface area contributed by atoms with Gasteiger partial charge in [0.05, 0.1) is 6.20 Å². The third-order valence-corrected chi connectivity index (χ3v) is 2.40. The van der Waals surface area contributed by atoms with Gasteiger partial charge in [-0.15, -0.1) is 0 Å². The first-order valence-corrected chi connectivity index (χ1v) is 4.79. The maximum absolute atomic E-state index is 11.5. The van der Waals surface area contributed by atoms with E-state index in [2.05, 4.69) is 9.97 Å². The van der Waals surface area contributed by atoms with Crippen LogP contribution in [0.2, 0.25) is 5.28 Å². The van der Waals surface area contributed by atoms with Crippen LogP contribution in [0.4, 0.5) is 11.5 Å². The second-order valence-corrected chi connectivity index (χ2v) is 3.72. The van der Waals surface area contributed by atoms with E-state index in [0.29, 0.717) is 18.7 Å². The number of hydrogen-bond acceptors (Lipinski definition) is 5. The Kier molecular flexibility index (Phi) is 2.45. The highest BCUT2D eigenvalue weighted by molar-refractivity contribution is 6.28. The van der Waals surface area contributed by atoms with Crippen molar-refractivity contribution in [2.75, 3.05) is 17.2 Å². The maximum Gasteiger partial charge on any atom is 0.228 e. The molecular formula is C8H10ClN5O. The van der Waals surface area contributed by atoms with Gasteiger partial charge in [0.1, 0.15) is 5.69 Å². The highest BCUT2D eigenvalue weighted by atomic mass is 35.5. The number of rotatable bonds is 1. The molecule has 1 aromatic rings. The van der Waals surface area contributed by atoms with Crippen molar-refractivity contribution in [2.45, 2.75) is 12.5 Å². The standard InChI is InChI=1S/C8H10ClN5O/c9-8-12-2-5(7(11)13-8)14-3-4(10)1-6(14)15/h2,4H,1,3,10H2,(H2,11,12,13). The van der Waals surface area contributed by atoms with Gasteiger partial charge in [-0.05, 0) is 11.6 Å². The zero-order valence-electron chi connectivity index (χ0n) is 7.85. The average Bonchev–Trinajstić information content (AvgIpc) is 2.45. The van der Waals surface area contributed by atoms with E-state index in [1.54, 1.807) is 0 Å². The smallest absolute Gasteiger partial charge is 0.228 e. The van der Waals surface area contributed by atoms with Gasteiger partial charge in [0, 0.05) is 19.0 Å². The average molecular weight is 228 g/mol. The van der Waals surface area contributed by atoms with Crippen molar-refractivity contribution in [1.29, 1.82) is 0 Å². The number of carbonyl (C=O) groups is 1. The largest absolute Gasteiger partial charge is 0.382 e. The van der Waals surface area contributed by atoms with Gasteiger partial charge in [0.15, 0.2) is 5.82 Å². The van der Waals surface area contributed by atoms with E-state index in [9.17, 15) is 4.79 Å². The number of hydrogen-bond donors (Lipinski definition) is 2. The van der Waals surface area contributed by atoms with Crippen LogP contribution < -0.4 is 16.4 Å². The Morgan fingerprint density at radius 1 is 1.60 bits per heavy atom. The first-order valence-electron chi connectivity index (χ1n) is 4.42. The van der Waals surface area contributed by atoms with Gasteiger partial charge in [0.2, 0.25) is 11.2 Å². The Balaban J connectivity index is 2.34. The number of anilines is 2. The zero-order valence-corrected chi connectivity index (χ0v) is 8.61. The molecule has 1 aromatic heterocycles. The lowest BCUT2D eigenvalue weighted by atomic mass is 10.3. The summed E-state index contributed by atoms with van der Waals surface area (Å²) in [6.07, 6.45) is 1.75. The van der Waals surface area contributed by atoms with Gasteiger partial charge < -0.3 is 16.4 Å². The van der Waals surface area contributed by atoms with Crippen molar-refractivity contribution in [3.05, 3.63) is 11.5 Å². The molecule has 1 aliphatic heterocycles. The van der Waals surface area contributed by atoms with E-state index >= 15 is 0 Å². The summed E-state index contributed by atoms with van der Waals surface area (Å²) in [5.74, 6) is 0.123. The molecule has 1 saturated heterocycles. The number of aromatic nitrogens is 2. The molecule has 1 aliphatic rings. The van der Waals surface area contributed by atoms with E-state index in [-0.39, 0.29) is 23.1 Å². The zero-order chi connectivity index (χ0) is 11.0. The van der Waals surface area contributed by atoms with E-state index in [1.807, 2.05) is 0 Å². The first kappa shape index (κ1) is 10.1. The van der Waals surface area contributed by atoms with Crippen LogP contribution in [0.25, 0.3) is 0 Å². The Morgan fingerprint density at radius 3 is 2.87 bits per heavy atom. The van der Waals surface area contributed by atoms with Gasteiger partial charge in [0.25, 0.3) is 0 Å². The van der Waals surface area contributed by atoms with Crippen molar-refractivity contribution in [2.24, 2.45) is 5.73 Å². The van der Waals surface area contributed by atoms with Gasteiger partial charge in [-0.3, -0.25) is 4.79 Å². The van der Waals surface area contributed by atoms with E-state index in [1.165, 1.54) is 11.1 Å². The summed E-state index contributed by atoms with van der Waals surface area (Å²) in [4.78, 5) is 20.6. The molecular weight excluding hydrogens is 218 g/mol. The van der Waals surface area contributed by atoms with Crippen LogP contribution in [0.1, 0.15) is 6.42 Å². The second-order valence-electron chi connectivity index (χ2n) is 3.38. The van der Waals surface area contributed by atoms with Crippen LogP contribution in [0.3, 0.4) is 0 Å². The quantitative estimate of drug-likeness (QED) is 0.646. The molecule has 0 bridgehead atoms. The lowest BCUT2D eigenvalue weighted by Gasteiger charge is -2.16. The second kappa shape index (κ2) is 3.63. The molecule has 0 radical (unpaired) electrons. The van der Waals surface area contributed by atoms with Crippen LogP contribution in [0.15, 0.2) is 6.20 Å². The predicted octanol–water partition coefficient (Wildman–Crippen LogP) is -0.224. The Morgan fingerprint density at radius 2 is 2.33 bits per heavy atom. The van der Waals surface area contributed by atoms with Crippen molar-refractivity contribution >= 4 is 29.0 Å². The van der Waals surface area contributed by atoms with Crippen LogP contribution in [0, 0.1) is 0 Å². The summed E-state index contributed by atoms with van der Waals surface area (Å²) >= 11 is 5.56. The van der Waals surface area contributed by atoms with Crippen molar-refractivity contribution in [1.82, 2.24) is 9.97 Å². The van der Waals surface area contributed by atoms with Crippen LogP contribution in [-0.4, -0.2) is 28.5 Å². The summed E-state index contributed by atoms with van der Waals surface area (Å²) in [6, 6.07) is -0.160. The van der Waals surface area contributed by atoms with Crippen molar-refractivity contribution in [3.8, 4) is 0 Å². The fraction of sp³-hybridized carbons (Fsp3) is 0.375. The van der Waals surface area contributed by atoms with E-state index < -0.39 is 0 Å². The third-order valence-electron chi connectivity index (χ3n) is 2.21. The summed E-state index contributed by atoms with van der Waals surface area (Å²) in [7, 11) is 0. The predicted molar refractivity (Wildman–Crippen MR) is 56.4 cm³/mol. The Labute approximate surface area is 91.2 Å². The molecule has 1 fully saturated rings. The third kappa shape index (κ3) is 1.86. The van der Waals surface area contributed by atoms with Crippen molar-refractivity contribution < 1.29 is 4.79 Å². The van der Waals surface area contributed by atoms with E-state index in [4.69, 9.17) is 23.1 Å². The minimum atomic E-state index is -0.160. The number of halogens is 1. The number of amides is 1.